The fourth-order valence-electron chi connectivity index (χ4n) is 4.27. The van der Waals surface area contributed by atoms with Gasteiger partial charge in [0.1, 0.15) is 23.4 Å². The number of halogens is 1. The molecule has 0 aliphatic rings. The van der Waals surface area contributed by atoms with Crippen molar-refractivity contribution in [1.29, 1.82) is 0 Å². The third-order valence-corrected chi connectivity index (χ3v) is 8.00. The van der Waals surface area contributed by atoms with Crippen LogP contribution in [0.4, 0.5) is 21.6 Å². The fourth-order valence-corrected chi connectivity index (χ4v) is 5.39. The number of nitrogens with one attached hydrogen (secondary N) is 2. The van der Waals surface area contributed by atoms with Gasteiger partial charge in [-0.2, -0.15) is 0 Å². The molecule has 204 valence electrons. The number of carbonyl (C=O) groups is 1. The molecule has 0 aliphatic carbocycles. The molecule has 0 radical (unpaired) electrons. The number of nitrogens with zero attached hydrogens (tertiary/aromatic N) is 1. The second kappa shape index (κ2) is 11.6. The summed E-state index contributed by atoms with van der Waals surface area (Å²) in [6, 6.07) is 15.0. The van der Waals surface area contributed by atoms with Crippen LogP contribution < -0.4 is 26.8 Å². The molecular weight excluding hydrogens is 521 g/mol. The van der Waals surface area contributed by atoms with Crippen molar-refractivity contribution in [3.8, 4) is 5.75 Å². The van der Waals surface area contributed by atoms with Crippen molar-refractivity contribution < 1.29 is 22.3 Å². The van der Waals surface area contributed by atoms with Gasteiger partial charge in [0.2, 0.25) is 5.91 Å². The molecule has 0 aliphatic heterocycles. The molecule has 9 nitrogen and oxygen atoms in total. The van der Waals surface area contributed by atoms with E-state index in [1.54, 1.807) is 43.3 Å². The highest BCUT2D eigenvalue weighted by molar-refractivity contribution is 7.91. The maximum atomic E-state index is 15.0. The number of carbonyl (C=O) groups excluding carboxylic acids is 1. The van der Waals surface area contributed by atoms with Crippen molar-refractivity contribution in [3.05, 3.63) is 83.8 Å². The zero-order chi connectivity index (χ0) is 28.2. The van der Waals surface area contributed by atoms with E-state index in [-0.39, 0.29) is 28.4 Å². The average molecular weight is 552 g/mol. The number of anilines is 3. The van der Waals surface area contributed by atoms with E-state index in [0.717, 1.165) is 0 Å². The van der Waals surface area contributed by atoms with E-state index in [1.807, 2.05) is 6.92 Å². The minimum Gasteiger partial charge on any atom is -0.494 e. The monoisotopic (exact) mass is 551 g/mol. The minimum atomic E-state index is -3.55. The lowest BCUT2D eigenvalue weighted by Gasteiger charge is -2.22. The Morgan fingerprint density at radius 2 is 1.87 bits per heavy atom. The fraction of sp³-hybridized carbons (Fsp3) is 0.214. The highest BCUT2D eigenvalue weighted by Crippen LogP contribution is 2.30. The van der Waals surface area contributed by atoms with E-state index in [4.69, 9.17) is 16.2 Å². The lowest BCUT2D eigenvalue weighted by molar-refractivity contribution is -0.122. The summed E-state index contributed by atoms with van der Waals surface area (Å²) < 4.78 is 45.8. The lowest BCUT2D eigenvalue weighted by atomic mass is 10.0. The third kappa shape index (κ3) is 6.20. The lowest BCUT2D eigenvalue weighted by Crippen LogP contribution is -2.33. The van der Waals surface area contributed by atoms with Crippen LogP contribution in [0.15, 0.2) is 71.8 Å². The molecule has 0 saturated heterocycles. The number of sulfone groups is 1. The first kappa shape index (κ1) is 27.6. The van der Waals surface area contributed by atoms with Crippen LogP contribution in [-0.2, 0) is 21.2 Å². The van der Waals surface area contributed by atoms with E-state index in [1.165, 1.54) is 30.5 Å². The highest BCUT2D eigenvalue weighted by atomic mass is 32.2. The zero-order valence-electron chi connectivity index (χ0n) is 21.6. The number of nitrogen functional groups attached to an aromatic ring is 2. The molecule has 0 fully saturated rings. The molecule has 1 unspecified atom stereocenters. The number of nitrogens with two attached hydrogens (primary N) is 2. The smallest absolute Gasteiger partial charge is 0.247 e. The minimum absolute atomic E-state index is 0.0650. The Balaban J connectivity index is 1.69. The molecule has 4 aromatic rings. The van der Waals surface area contributed by atoms with Gasteiger partial charge >= 0.3 is 0 Å². The number of hydrogen-bond acceptors (Lipinski definition) is 8. The van der Waals surface area contributed by atoms with Crippen LogP contribution in [0.3, 0.4) is 0 Å². The van der Waals surface area contributed by atoms with Gasteiger partial charge < -0.3 is 26.8 Å². The van der Waals surface area contributed by atoms with Crippen molar-refractivity contribution >= 4 is 43.7 Å². The number of ether oxygens (including phenoxy) is 1. The molecule has 3 aromatic carbocycles. The molecule has 0 spiro atoms. The second-order valence-corrected chi connectivity index (χ2v) is 11.1. The number of fused-ring (bicyclic) bond motifs is 1. The van der Waals surface area contributed by atoms with Gasteiger partial charge in [-0.1, -0.05) is 19.1 Å². The predicted molar refractivity (Wildman–Crippen MR) is 151 cm³/mol. The molecule has 1 aromatic heterocycles. The van der Waals surface area contributed by atoms with Gasteiger partial charge in [0, 0.05) is 24.1 Å². The van der Waals surface area contributed by atoms with Gasteiger partial charge in [-0.3, -0.25) is 4.79 Å². The summed E-state index contributed by atoms with van der Waals surface area (Å²) in [5, 5.41) is 6.62. The van der Waals surface area contributed by atoms with E-state index in [9.17, 15) is 17.6 Å². The molecule has 6 N–H and O–H groups in total. The van der Waals surface area contributed by atoms with Crippen LogP contribution in [0.25, 0.3) is 10.8 Å². The largest absolute Gasteiger partial charge is 0.494 e. The third-order valence-electron chi connectivity index (χ3n) is 6.17. The van der Waals surface area contributed by atoms with Crippen molar-refractivity contribution in [2.75, 3.05) is 29.1 Å². The van der Waals surface area contributed by atoms with Gasteiger partial charge in [0.05, 0.1) is 22.6 Å². The average Bonchev–Trinajstić information content (AvgIpc) is 2.90. The van der Waals surface area contributed by atoms with Gasteiger partial charge in [-0.15, -0.1) is 0 Å². The first-order valence-electron chi connectivity index (χ1n) is 12.3. The summed E-state index contributed by atoms with van der Waals surface area (Å²) in [6.07, 6.45) is 1.48. The number of amides is 1. The first-order valence-corrected chi connectivity index (χ1v) is 14.0. The SMILES string of the molecule is CCOc1cccc(C(Nc2cc(F)c3c(N)nccc3c2)C(=O)NCc2cc(N)ccc2S(=O)(=O)CC)c1. The van der Waals surface area contributed by atoms with Gasteiger partial charge in [0.25, 0.3) is 0 Å². The van der Waals surface area contributed by atoms with Gasteiger partial charge in [0.15, 0.2) is 9.84 Å². The number of pyridine rings is 1. The van der Waals surface area contributed by atoms with E-state index < -0.39 is 27.6 Å². The molecule has 1 amide bonds. The molecule has 0 bridgehead atoms. The predicted octanol–water partition coefficient (Wildman–Crippen LogP) is 4.20. The summed E-state index contributed by atoms with van der Waals surface area (Å²) in [5.74, 6) is -0.530. The van der Waals surface area contributed by atoms with Crippen molar-refractivity contribution in [1.82, 2.24) is 10.3 Å². The molecule has 4 rings (SSSR count). The maximum Gasteiger partial charge on any atom is 0.247 e. The molecule has 11 heteroatoms. The van der Waals surface area contributed by atoms with Crippen molar-refractivity contribution in [2.45, 2.75) is 31.3 Å². The number of benzene rings is 3. The van der Waals surface area contributed by atoms with Gasteiger partial charge in [-0.05, 0) is 72.0 Å². The van der Waals surface area contributed by atoms with Crippen LogP contribution >= 0.6 is 0 Å². The van der Waals surface area contributed by atoms with Crippen LogP contribution in [0.2, 0.25) is 0 Å². The van der Waals surface area contributed by atoms with Crippen LogP contribution in [0.1, 0.15) is 31.0 Å². The van der Waals surface area contributed by atoms with Crippen LogP contribution in [0.5, 0.6) is 5.75 Å². The Kier molecular flexibility index (Phi) is 8.20. The number of rotatable bonds is 10. The standard InChI is InChI=1S/C28H30FN5O4S/c1-3-38-22-7-5-6-18(14-22)26(34-21-13-17-10-11-32-27(31)25(17)23(29)15-21)28(35)33-16-19-12-20(30)8-9-24(19)39(36,37)4-2/h5-15,26,34H,3-4,16,30H2,1-2H3,(H2,31,32)(H,33,35). The van der Waals surface area contributed by atoms with Gasteiger partial charge in [-0.25, -0.2) is 17.8 Å². The number of hydrogen-bond donors (Lipinski definition) is 4. The Morgan fingerprint density at radius 3 is 2.62 bits per heavy atom. The summed E-state index contributed by atoms with van der Waals surface area (Å²) in [7, 11) is -3.55. The Morgan fingerprint density at radius 1 is 1.08 bits per heavy atom. The quantitative estimate of drug-likeness (QED) is 0.214. The summed E-state index contributed by atoms with van der Waals surface area (Å²) in [5.41, 5.74) is 13.4. The summed E-state index contributed by atoms with van der Waals surface area (Å²) >= 11 is 0. The maximum absolute atomic E-state index is 15.0. The topological polar surface area (TPSA) is 149 Å². The molecule has 39 heavy (non-hydrogen) atoms. The Hall–Kier alpha value is -4.38. The molecule has 0 saturated carbocycles. The first-order chi connectivity index (χ1) is 18.6. The molecular formula is C28H30FN5O4S. The highest BCUT2D eigenvalue weighted by Gasteiger charge is 2.24. The van der Waals surface area contributed by atoms with Crippen molar-refractivity contribution in [2.24, 2.45) is 0 Å². The van der Waals surface area contributed by atoms with Crippen LogP contribution in [0, 0.1) is 5.82 Å². The normalized spacial score (nSPS) is 12.2. The molecule has 1 atom stereocenters. The van der Waals surface area contributed by atoms with E-state index in [2.05, 4.69) is 15.6 Å². The second-order valence-electron chi connectivity index (χ2n) is 8.82. The summed E-state index contributed by atoms with van der Waals surface area (Å²) in [4.78, 5) is 17.6. The van der Waals surface area contributed by atoms with E-state index in [0.29, 0.717) is 40.2 Å². The van der Waals surface area contributed by atoms with E-state index >= 15 is 0 Å². The Bertz CT molecular complexity index is 1630. The molecule has 1 heterocycles. The number of aromatic nitrogens is 1. The van der Waals surface area contributed by atoms with Crippen molar-refractivity contribution in [3.63, 3.8) is 0 Å². The Labute approximate surface area is 226 Å². The zero-order valence-corrected chi connectivity index (χ0v) is 22.4. The summed E-state index contributed by atoms with van der Waals surface area (Å²) in [6.45, 7) is 3.74. The van der Waals surface area contributed by atoms with Crippen LogP contribution in [-0.4, -0.2) is 31.7 Å².